The molecule has 0 aliphatic heterocycles. The second-order valence-electron chi connectivity index (χ2n) is 1.78. The van der Waals surface area contributed by atoms with E-state index in [-0.39, 0.29) is 11.6 Å². The minimum Gasteiger partial charge on any atom is -0.441 e. The fraction of sp³-hybridized carbons (Fsp3) is 0.400. The van der Waals surface area contributed by atoms with Crippen molar-refractivity contribution < 1.29 is 17.6 Å². The molecule has 0 saturated carbocycles. The van der Waals surface area contributed by atoms with Crippen molar-refractivity contribution in [1.82, 2.24) is 4.98 Å². The van der Waals surface area contributed by atoms with Crippen LogP contribution in [0.25, 0.3) is 0 Å². The third-order valence-corrected chi connectivity index (χ3v) is 1.20. The first-order chi connectivity index (χ1) is 5.04. The lowest BCUT2D eigenvalue weighted by molar-refractivity contribution is -0.157. The Hall–Kier alpha value is -0.710. The Labute approximate surface area is 65.0 Å². The monoisotopic (exact) mass is 185 g/mol. The summed E-state index contributed by atoms with van der Waals surface area (Å²) in [4.78, 5) is 3.08. The molecule has 0 saturated heterocycles. The van der Waals surface area contributed by atoms with Crippen molar-refractivity contribution in [2.45, 2.75) is 12.1 Å². The van der Waals surface area contributed by atoms with Gasteiger partial charge in [-0.1, -0.05) is 0 Å². The summed E-state index contributed by atoms with van der Waals surface area (Å²) in [5.41, 5.74) is 0.0824. The van der Waals surface area contributed by atoms with E-state index in [1.165, 1.54) is 0 Å². The van der Waals surface area contributed by atoms with Crippen LogP contribution < -0.4 is 0 Å². The SMILES string of the molecule is FC(F)(F)c1nc(CCl)co1. The number of hydrogen-bond acceptors (Lipinski definition) is 2. The number of nitrogens with zero attached hydrogens (tertiary/aromatic N) is 1. The third kappa shape index (κ3) is 1.86. The lowest BCUT2D eigenvalue weighted by Crippen LogP contribution is -2.04. The van der Waals surface area contributed by atoms with Crippen molar-refractivity contribution in [3.05, 3.63) is 17.8 Å². The maximum absolute atomic E-state index is 11.7. The highest BCUT2D eigenvalue weighted by molar-refractivity contribution is 6.16. The smallest absolute Gasteiger partial charge is 0.441 e. The van der Waals surface area contributed by atoms with E-state index in [9.17, 15) is 13.2 Å². The molecule has 11 heavy (non-hydrogen) atoms. The summed E-state index contributed by atoms with van der Waals surface area (Å²) >= 11 is 5.20. The highest BCUT2D eigenvalue weighted by Gasteiger charge is 2.36. The number of oxazole rings is 1. The number of aromatic nitrogens is 1. The van der Waals surface area contributed by atoms with E-state index < -0.39 is 12.1 Å². The zero-order valence-electron chi connectivity index (χ0n) is 5.15. The van der Waals surface area contributed by atoms with E-state index in [0.29, 0.717) is 0 Å². The fourth-order valence-corrected chi connectivity index (χ4v) is 0.621. The first-order valence-electron chi connectivity index (χ1n) is 2.61. The summed E-state index contributed by atoms with van der Waals surface area (Å²) in [6.45, 7) is 0. The van der Waals surface area contributed by atoms with Gasteiger partial charge in [0.15, 0.2) is 0 Å². The van der Waals surface area contributed by atoms with Gasteiger partial charge < -0.3 is 4.42 Å². The molecule has 0 aromatic carbocycles. The zero-order chi connectivity index (χ0) is 8.48. The molecule has 0 aliphatic rings. The van der Waals surface area contributed by atoms with Gasteiger partial charge >= 0.3 is 12.1 Å². The molecule has 0 aliphatic carbocycles. The quantitative estimate of drug-likeness (QED) is 0.628. The molecule has 0 atom stereocenters. The Kier molecular flexibility index (Phi) is 2.08. The molecule has 1 rings (SSSR count). The highest BCUT2D eigenvalue weighted by Crippen LogP contribution is 2.28. The number of halogens is 4. The van der Waals surface area contributed by atoms with Crippen molar-refractivity contribution in [3.8, 4) is 0 Å². The molecule has 1 heterocycles. The van der Waals surface area contributed by atoms with Gasteiger partial charge in [0, 0.05) is 0 Å². The van der Waals surface area contributed by atoms with Gasteiger partial charge in [0.25, 0.3) is 0 Å². The number of alkyl halides is 4. The van der Waals surface area contributed by atoms with E-state index in [0.717, 1.165) is 6.26 Å². The fourth-order valence-electron chi connectivity index (χ4n) is 0.499. The Bertz CT molecular complexity index is 244. The molecule has 0 bridgehead atoms. The third-order valence-electron chi connectivity index (χ3n) is 0.931. The summed E-state index contributed by atoms with van der Waals surface area (Å²) < 4.78 is 39.3. The van der Waals surface area contributed by atoms with E-state index in [1.807, 2.05) is 0 Å². The van der Waals surface area contributed by atoms with Crippen LogP contribution in [0.1, 0.15) is 11.6 Å². The van der Waals surface area contributed by atoms with Gasteiger partial charge in [-0.05, 0) is 0 Å². The molecule has 0 unspecified atom stereocenters. The summed E-state index contributed by atoms with van der Waals surface area (Å²) in [7, 11) is 0. The normalized spacial score (nSPS) is 12.0. The van der Waals surface area contributed by atoms with Crippen molar-refractivity contribution >= 4 is 11.6 Å². The summed E-state index contributed by atoms with van der Waals surface area (Å²) in [5.74, 6) is -1.34. The van der Waals surface area contributed by atoms with Crippen LogP contribution >= 0.6 is 11.6 Å². The molecule has 2 nitrogen and oxygen atoms in total. The largest absolute Gasteiger partial charge is 0.468 e. The van der Waals surface area contributed by atoms with Crippen LogP contribution in [-0.2, 0) is 12.1 Å². The first-order valence-corrected chi connectivity index (χ1v) is 3.15. The molecule has 6 heteroatoms. The molecule has 0 amide bonds. The maximum atomic E-state index is 11.7. The predicted molar refractivity (Wildman–Crippen MR) is 31.1 cm³/mol. The van der Waals surface area contributed by atoms with Crippen LogP contribution in [0, 0.1) is 0 Å². The van der Waals surface area contributed by atoms with Crippen LogP contribution in [0.15, 0.2) is 10.7 Å². The van der Waals surface area contributed by atoms with E-state index in [4.69, 9.17) is 11.6 Å². The van der Waals surface area contributed by atoms with Crippen LogP contribution in [0.5, 0.6) is 0 Å². The molecule has 0 fully saturated rings. The van der Waals surface area contributed by atoms with Gasteiger partial charge in [-0.25, -0.2) is 4.98 Å². The number of hydrogen-bond donors (Lipinski definition) is 0. The Balaban J connectivity index is 2.89. The molecule has 0 radical (unpaired) electrons. The number of rotatable bonds is 1. The second-order valence-corrected chi connectivity index (χ2v) is 2.04. The lowest BCUT2D eigenvalue weighted by Gasteiger charge is -1.97. The van der Waals surface area contributed by atoms with E-state index >= 15 is 0 Å². The van der Waals surface area contributed by atoms with Gasteiger partial charge in [-0.2, -0.15) is 13.2 Å². The topological polar surface area (TPSA) is 26.0 Å². The van der Waals surface area contributed by atoms with E-state index in [2.05, 4.69) is 9.40 Å². The minimum atomic E-state index is -4.52. The van der Waals surface area contributed by atoms with Gasteiger partial charge in [0.2, 0.25) is 0 Å². The molecule has 0 N–H and O–H groups in total. The minimum absolute atomic E-state index is 0.0824. The summed E-state index contributed by atoms with van der Waals surface area (Å²) in [6.07, 6.45) is -3.64. The predicted octanol–water partition coefficient (Wildman–Crippen LogP) is 2.43. The Morgan fingerprint density at radius 1 is 1.55 bits per heavy atom. The van der Waals surface area contributed by atoms with Gasteiger partial charge in [0.05, 0.1) is 11.6 Å². The second kappa shape index (κ2) is 2.73. The van der Waals surface area contributed by atoms with Gasteiger partial charge in [-0.3, -0.25) is 0 Å². The lowest BCUT2D eigenvalue weighted by atomic mass is 10.6. The van der Waals surface area contributed by atoms with Crippen LogP contribution in [0.4, 0.5) is 13.2 Å². The average Bonchev–Trinajstić information content (AvgIpc) is 2.32. The van der Waals surface area contributed by atoms with Crippen LogP contribution in [-0.4, -0.2) is 4.98 Å². The molecule has 0 spiro atoms. The highest BCUT2D eigenvalue weighted by atomic mass is 35.5. The molecule has 1 aromatic heterocycles. The molecule has 62 valence electrons. The molecular formula is C5H3ClF3NO. The molecule has 1 aromatic rings. The van der Waals surface area contributed by atoms with Crippen molar-refractivity contribution in [3.63, 3.8) is 0 Å². The average molecular weight is 186 g/mol. The first kappa shape index (κ1) is 8.39. The summed E-state index contributed by atoms with van der Waals surface area (Å²) in [5, 5.41) is 0. The van der Waals surface area contributed by atoms with E-state index in [1.54, 1.807) is 0 Å². The standard InChI is InChI=1S/C5H3ClF3NO/c6-1-3-2-11-4(10-3)5(7,8)9/h2H,1H2. The van der Waals surface area contributed by atoms with Crippen LogP contribution in [0.3, 0.4) is 0 Å². The Morgan fingerprint density at radius 2 is 2.18 bits per heavy atom. The summed E-state index contributed by atoms with van der Waals surface area (Å²) in [6, 6.07) is 0. The molecular weight excluding hydrogens is 183 g/mol. The van der Waals surface area contributed by atoms with Crippen LogP contribution in [0.2, 0.25) is 0 Å². The van der Waals surface area contributed by atoms with Crippen molar-refractivity contribution in [1.29, 1.82) is 0 Å². The van der Waals surface area contributed by atoms with Gasteiger partial charge in [-0.15, -0.1) is 11.6 Å². The Morgan fingerprint density at radius 3 is 2.45 bits per heavy atom. The van der Waals surface area contributed by atoms with Gasteiger partial charge in [0.1, 0.15) is 6.26 Å². The van der Waals surface area contributed by atoms with Crippen molar-refractivity contribution in [2.75, 3.05) is 0 Å². The van der Waals surface area contributed by atoms with Crippen molar-refractivity contribution in [2.24, 2.45) is 0 Å². The maximum Gasteiger partial charge on any atom is 0.468 e. The zero-order valence-corrected chi connectivity index (χ0v) is 5.91.